The highest BCUT2D eigenvalue weighted by Gasteiger charge is 2.18. The molecule has 2 nitrogen and oxygen atoms in total. The van der Waals surface area contributed by atoms with Crippen LogP contribution in [0, 0.1) is 5.92 Å². The Kier molecular flexibility index (Phi) is 5.21. The Balaban J connectivity index is 1.80. The molecule has 1 heterocycles. The summed E-state index contributed by atoms with van der Waals surface area (Å²) in [6, 6.07) is 8.75. The standard InChI is InChI=1S/C16H26N2/c1-2-3-14-8-10-18(11-9-14)13-16-6-4-15(12-17)5-7-16/h4-7,14H,2-3,8-13,17H2,1H3. The van der Waals surface area contributed by atoms with Gasteiger partial charge in [-0.15, -0.1) is 0 Å². The molecule has 1 aromatic rings. The number of rotatable bonds is 5. The molecule has 0 radical (unpaired) electrons. The van der Waals surface area contributed by atoms with Crippen LogP contribution in [0.2, 0.25) is 0 Å². The largest absolute Gasteiger partial charge is 0.326 e. The highest BCUT2D eigenvalue weighted by Crippen LogP contribution is 2.22. The summed E-state index contributed by atoms with van der Waals surface area (Å²) in [6.07, 6.45) is 5.52. The fourth-order valence-electron chi connectivity index (χ4n) is 2.88. The van der Waals surface area contributed by atoms with Crippen molar-refractivity contribution in [2.75, 3.05) is 13.1 Å². The number of hydrogen-bond donors (Lipinski definition) is 1. The lowest BCUT2D eigenvalue weighted by Gasteiger charge is -2.31. The minimum atomic E-state index is 0.642. The molecule has 0 unspecified atom stereocenters. The van der Waals surface area contributed by atoms with E-state index in [9.17, 15) is 0 Å². The fourth-order valence-corrected chi connectivity index (χ4v) is 2.88. The molecular weight excluding hydrogens is 220 g/mol. The van der Waals surface area contributed by atoms with Crippen molar-refractivity contribution in [3.63, 3.8) is 0 Å². The van der Waals surface area contributed by atoms with E-state index in [-0.39, 0.29) is 0 Å². The first-order valence-corrected chi connectivity index (χ1v) is 7.32. The van der Waals surface area contributed by atoms with Gasteiger partial charge in [0.25, 0.3) is 0 Å². The summed E-state index contributed by atoms with van der Waals surface area (Å²) in [6.45, 7) is 6.57. The molecule has 0 amide bonds. The summed E-state index contributed by atoms with van der Waals surface area (Å²) >= 11 is 0. The monoisotopic (exact) mass is 246 g/mol. The normalized spacial score (nSPS) is 18.1. The van der Waals surface area contributed by atoms with E-state index < -0.39 is 0 Å². The second kappa shape index (κ2) is 6.91. The zero-order chi connectivity index (χ0) is 12.8. The Labute approximate surface area is 111 Å². The van der Waals surface area contributed by atoms with E-state index in [0.29, 0.717) is 6.54 Å². The molecular formula is C16H26N2. The van der Waals surface area contributed by atoms with E-state index in [2.05, 4.69) is 36.1 Å². The summed E-state index contributed by atoms with van der Waals surface area (Å²) in [5.41, 5.74) is 8.26. The van der Waals surface area contributed by atoms with Crippen LogP contribution in [-0.4, -0.2) is 18.0 Å². The summed E-state index contributed by atoms with van der Waals surface area (Å²) in [5.74, 6) is 0.978. The minimum absolute atomic E-state index is 0.642. The van der Waals surface area contributed by atoms with Crippen molar-refractivity contribution in [1.29, 1.82) is 0 Å². The minimum Gasteiger partial charge on any atom is -0.326 e. The molecule has 1 saturated heterocycles. The molecule has 18 heavy (non-hydrogen) atoms. The number of hydrogen-bond acceptors (Lipinski definition) is 2. The number of nitrogens with two attached hydrogens (primary N) is 1. The van der Waals surface area contributed by atoms with Gasteiger partial charge in [-0.05, 0) is 43.0 Å². The van der Waals surface area contributed by atoms with Crippen LogP contribution in [0.5, 0.6) is 0 Å². The lowest BCUT2D eigenvalue weighted by molar-refractivity contribution is 0.172. The molecule has 0 saturated carbocycles. The Morgan fingerprint density at radius 3 is 2.28 bits per heavy atom. The molecule has 2 heteroatoms. The van der Waals surface area contributed by atoms with Crippen molar-refractivity contribution >= 4 is 0 Å². The van der Waals surface area contributed by atoms with E-state index in [4.69, 9.17) is 5.73 Å². The van der Waals surface area contributed by atoms with E-state index in [1.54, 1.807) is 0 Å². The van der Waals surface area contributed by atoms with Crippen LogP contribution in [0.3, 0.4) is 0 Å². The molecule has 1 aliphatic heterocycles. The Morgan fingerprint density at radius 1 is 1.11 bits per heavy atom. The molecule has 1 aromatic carbocycles. The van der Waals surface area contributed by atoms with Crippen LogP contribution in [0.1, 0.15) is 43.7 Å². The van der Waals surface area contributed by atoms with Gasteiger partial charge in [-0.2, -0.15) is 0 Å². The maximum atomic E-state index is 5.62. The highest BCUT2D eigenvalue weighted by atomic mass is 15.1. The van der Waals surface area contributed by atoms with Gasteiger partial charge in [0, 0.05) is 13.1 Å². The second-order valence-corrected chi connectivity index (χ2v) is 5.53. The predicted molar refractivity (Wildman–Crippen MR) is 77.2 cm³/mol. The van der Waals surface area contributed by atoms with Crippen molar-refractivity contribution < 1.29 is 0 Å². The number of piperidine rings is 1. The second-order valence-electron chi connectivity index (χ2n) is 5.53. The van der Waals surface area contributed by atoms with Gasteiger partial charge in [-0.25, -0.2) is 0 Å². The smallest absolute Gasteiger partial charge is 0.0233 e. The van der Waals surface area contributed by atoms with Crippen LogP contribution in [-0.2, 0) is 13.1 Å². The van der Waals surface area contributed by atoms with Gasteiger partial charge >= 0.3 is 0 Å². The predicted octanol–water partition coefficient (Wildman–Crippen LogP) is 3.16. The molecule has 0 spiro atoms. The summed E-state index contributed by atoms with van der Waals surface area (Å²) in [7, 11) is 0. The Bertz CT molecular complexity index is 337. The maximum absolute atomic E-state index is 5.62. The zero-order valence-electron chi connectivity index (χ0n) is 11.6. The lowest BCUT2D eigenvalue weighted by atomic mass is 9.92. The molecule has 0 atom stereocenters. The van der Waals surface area contributed by atoms with E-state index >= 15 is 0 Å². The third kappa shape index (κ3) is 3.82. The molecule has 2 N–H and O–H groups in total. The van der Waals surface area contributed by atoms with Crippen molar-refractivity contribution in [1.82, 2.24) is 4.90 Å². The van der Waals surface area contributed by atoms with E-state index in [1.165, 1.54) is 49.9 Å². The van der Waals surface area contributed by atoms with Gasteiger partial charge in [0.15, 0.2) is 0 Å². The van der Waals surface area contributed by atoms with Crippen LogP contribution in [0.25, 0.3) is 0 Å². The molecule has 2 rings (SSSR count). The molecule has 0 aromatic heterocycles. The average molecular weight is 246 g/mol. The topological polar surface area (TPSA) is 29.3 Å². The number of benzene rings is 1. The molecule has 1 aliphatic rings. The SMILES string of the molecule is CCCC1CCN(Cc2ccc(CN)cc2)CC1. The van der Waals surface area contributed by atoms with Crippen molar-refractivity contribution in [3.8, 4) is 0 Å². The highest BCUT2D eigenvalue weighted by molar-refractivity contribution is 5.22. The first kappa shape index (κ1) is 13.6. The van der Waals surface area contributed by atoms with Crippen LogP contribution < -0.4 is 5.73 Å². The third-order valence-corrected chi connectivity index (χ3v) is 4.07. The van der Waals surface area contributed by atoms with Crippen molar-refractivity contribution in [2.24, 2.45) is 11.7 Å². The quantitative estimate of drug-likeness (QED) is 0.864. The first-order valence-electron chi connectivity index (χ1n) is 7.32. The molecule has 0 bridgehead atoms. The third-order valence-electron chi connectivity index (χ3n) is 4.07. The van der Waals surface area contributed by atoms with Crippen molar-refractivity contribution in [2.45, 2.75) is 45.7 Å². The fraction of sp³-hybridized carbons (Fsp3) is 0.625. The van der Waals surface area contributed by atoms with E-state index in [0.717, 1.165) is 12.5 Å². The van der Waals surface area contributed by atoms with Gasteiger partial charge in [0.1, 0.15) is 0 Å². The first-order chi connectivity index (χ1) is 8.81. The molecule has 100 valence electrons. The summed E-state index contributed by atoms with van der Waals surface area (Å²) in [5, 5.41) is 0. The van der Waals surface area contributed by atoms with Gasteiger partial charge in [-0.1, -0.05) is 44.0 Å². The average Bonchev–Trinajstić information content (AvgIpc) is 2.42. The summed E-state index contributed by atoms with van der Waals surface area (Å²) in [4.78, 5) is 2.59. The number of nitrogens with zero attached hydrogens (tertiary/aromatic N) is 1. The van der Waals surface area contributed by atoms with Gasteiger partial charge in [-0.3, -0.25) is 4.90 Å². The molecule has 1 fully saturated rings. The zero-order valence-corrected chi connectivity index (χ0v) is 11.6. The maximum Gasteiger partial charge on any atom is 0.0233 e. The number of likely N-dealkylation sites (tertiary alicyclic amines) is 1. The van der Waals surface area contributed by atoms with Crippen LogP contribution in [0.4, 0.5) is 0 Å². The lowest BCUT2D eigenvalue weighted by Crippen LogP contribution is -2.33. The van der Waals surface area contributed by atoms with Gasteiger partial charge < -0.3 is 5.73 Å². The Morgan fingerprint density at radius 2 is 1.72 bits per heavy atom. The summed E-state index contributed by atoms with van der Waals surface area (Å²) < 4.78 is 0. The van der Waals surface area contributed by atoms with Gasteiger partial charge in [0.05, 0.1) is 0 Å². The molecule has 0 aliphatic carbocycles. The van der Waals surface area contributed by atoms with E-state index in [1.807, 2.05) is 0 Å². The van der Waals surface area contributed by atoms with Crippen LogP contribution in [0.15, 0.2) is 24.3 Å². The Hall–Kier alpha value is -0.860. The van der Waals surface area contributed by atoms with Crippen molar-refractivity contribution in [3.05, 3.63) is 35.4 Å². The van der Waals surface area contributed by atoms with Crippen LogP contribution >= 0.6 is 0 Å². The van der Waals surface area contributed by atoms with Gasteiger partial charge in [0.2, 0.25) is 0 Å².